The number of anilines is 2. The quantitative estimate of drug-likeness (QED) is 0.575. The molecule has 1 amide bonds. The van der Waals surface area contributed by atoms with Crippen LogP contribution in [0.5, 0.6) is 0 Å². The van der Waals surface area contributed by atoms with Crippen molar-refractivity contribution >= 4 is 17.5 Å². The Bertz CT molecular complexity index is 655. The van der Waals surface area contributed by atoms with Crippen molar-refractivity contribution in [2.24, 2.45) is 5.84 Å². The Kier molecular flexibility index (Phi) is 3.90. The Morgan fingerprint density at radius 1 is 1.15 bits per heavy atom. The minimum atomic E-state index is -0.344. The topological polar surface area (TPSA) is 106 Å². The molecule has 0 atom stereocenters. The summed E-state index contributed by atoms with van der Waals surface area (Å²) in [6.45, 7) is 5.52. The first-order valence-corrected chi connectivity index (χ1v) is 6.08. The SMILES string of the molecule is Cc1ccc(C(=O)Nc2nnc(C)c(C)n2)c(NN)c1. The van der Waals surface area contributed by atoms with E-state index in [1.807, 2.05) is 13.0 Å². The number of nitrogens with two attached hydrogens (primary N) is 1. The van der Waals surface area contributed by atoms with Gasteiger partial charge in [0.05, 0.1) is 22.6 Å². The van der Waals surface area contributed by atoms with Crippen molar-refractivity contribution in [1.82, 2.24) is 15.2 Å². The number of carbonyl (C=O) groups excluding carboxylic acids is 1. The summed E-state index contributed by atoms with van der Waals surface area (Å²) in [5.74, 6) is 5.24. The van der Waals surface area contributed by atoms with E-state index in [4.69, 9.17) is 5.84 Å². The number of aromatic nitrogens is 3. The molecule has 1 aromatic carbocycles. The number of nitrogen functional groups attached to an aromatic ring is 1. The first-order valence-electron chi connectivity index (χ1n) is 6.08. The van der Waals surface area contributed by atoms with Gasteiger partial charge in [0, 0.05) is 0 Å². The predicted molar refractivity (Wildman–Crippen MR) is 76.2 cm³/mol. The average molecular weight is 272 g/mol. The van der Waals surface area contributed by atoms with Gasteiger partial charge in [0.2, 0.25) is 5.95 Å². The van der Waals surface area contributed by atoms with Crippen LogP contribution in [0.15, 0.2) is 18.2 Å². The third-order valence-corrected chi connectivity index (χ3v) is 2.89. The maximum atomic E-state index is 12.2. The highest BCUT2D eigenvalue weighted by atomic mass is 16.1. The van der Waals surface area contributed by atoms with E-state index in [-0.39, 0.29) is 11.9 Å². The fraction of sp³-hybridized carbons (Fsp3) is 0.231. The Morgan fingerprint density at radius 2 is 1.90 bits per heavy atom. The van der Waals surface area contributed by atoms with Crippen LogP contribution in [0.3, 0.4) is 0 Å². The summed E-state index contributed by atoms with van der Waals surface area (Å²) in [5.41, 5.74) is 5.91. The summed E-state index contributed by atoms with van der Waals surface area (Å²) >= 11 is 0. The molecule has 0 spiro atoms. The van der Waals surface area contributed by atoms with E-state index in [0.29, 0.717) is 11.3 Å². The lowest BCUT2D eigenvalue weighted by atomic mass is 10.1. The minimum Gasteiger partial charge on any atom is -0.323 e. The number of aryl methyl sites for hydroxylation is 3. The molecule has 1 aromatic heterocycles. The molecule has 20 heavy (non-hydrogen) atoms. The molecule has 0 bridgehead atoms. The maximum absolute atomic E-state index is 12.2. The molecule has 104 valence electrons. The van der Waals surface area contributed by atoms with Gasteiger partial charge in [-0.2, -0.15) is 5.10 Å². The molecular formula is C13H16N6O. The Balaban J connectivity index is 2.25. The van der Waals surface area contributed by atoms with Crippen molar-refractivity contribution in [1.29, 1.82) is 0 Å². The fourth-order valence-corrected chi connectivity index (χ4v) is 1.65. The third-order valence-electron chi connectivity index (χ3n) is 2.89. The molecule has 0 aliphatic rings. The summed E-state index contributed by atoms with van der Waals surface area (Å²) in [5, 5.41) is 10.3. The van der Waals surface area contributed by atoms with Crippen LogP contribution in [0.2, 0.25) is 0 Å². The first-order chi connectivity index (χ1) is 9.51. The molecule has 7 nitrogen and oxygen atoms in total. The van der Waals surface area contributed by atoms with E-state index >= 15 is 0 Å². The molecule has 7 heteroatoms. The van der Waals surface area contributed by atoms with Crippen molar-refractivity contribution in [3.05, 3.63) is 40.7 Å². The lowest BCUT2D eigenvalue weighted by Gasteiger charge is -2.10. The fourth-order valence-electron chi connectivity index (χ4n) is 1.65. The van der Waals surface area contributed by atoms with Gasteiger partial charge in [0.25, 0.3) is 5.91 Å². The van der Waals surface area contributed by atoms with Crippen LogP contribution in [0.4, 0.5) is 11.6 Å². The summed E-state index contributed by atoms with van der Waals surface area (Å²) in [6.07, 6.45) is 0. The highest BCUT2D eigenvalue weighted by Gasteiger charge is 2.13. The van der Waals surface area contributed by atoms with Gasteiger partial charge < -0.3 is 5.43 Å². The highest BCUT2D eigenvalue weighted by Crippen LogP contribution is 2.17. The number of rotatable bonds is 3. The summed E-state index contributed by atoms with van der Waals surface area (Å²) in [7, 11) is 0. The molecule has 0 aliphatic carbocycles. The zero-order chi connectivity index (χ0) is 14.7. The molecule has 0 radical (unpaired) electrons. The molecule has 0 saturated carbocycles. The number of nitrogens with zero attached hydrogens (tertiary/aromatic N) is 3. The zero-order valence-corrected chi connectivity index (χ0v) is 11.6. The second-order valence-electron chi connectivity index (χ2n) is 4.45. The number of hydrazine groups is 1. The minimum absolute atomic E-state index is 0.168. The molecule has 2 rings (SSSR count). The lowest BCUT2D eigenvalue weighted by molar-refractivity contribution is 0.102. The molecule has 2 aromatic rings. The molecular weight excluding hydrogens is 256 g/mol. The molecule has 1 heterocycles. The van der Waals surface area contributed by atoms with Crippen LogP contribution < -0.4 is 16.6 Å². The molecule has 0 fully saturated rings. The Morgan fingerprint density at radius 3 is 2.55 bits per heavy atom. The smallest absolute Gasteiger partial charge is 0.260 e. The van der Waals surface area contributed by atoms with E-state index in [2.05, 4.69) is 25.9 Å². The van der Waals surface area contributed by atoms with Gasteiger partial charge in [0.1, 0.15) is 0 Å². The van der Waals surface area contributed by atoms with Crippen LogP contribution >= 0.6 is 0 Å². The van der Waals surface area contributed by atoms with Crippen molar-refractivity contribution in [2.75, 3.05) is 10.7 Å². The van der Waals surface area contributed by atoms with E-state index < -0.39 is 0 Å². The number of hydrogen-bond acceptors (Lipinski definition) is 6. The second kappa shape index (κ2) is 5.62. The van der Waals surface area contributed by atoms with Crippen LogP contribution in [-0.4, -0.2) is 21.1 Å². The van der Waals surface area contributed by atoms with Gasteiger partial charge in [-0.3, -0.25) is 16.0 Å². The lowest BCUT2D eigenvalue weighted by Crippen LogP contribution is -2.19. The molecule has 0 saturated heterocycles. The van der Waals surface area contributed by atoms with Crippen LogP contribution in [-0.2, 0) is 0 Å². The van der Waals surface area contributed by atoms with Crippen LogP contribution in [0.1, 0.15) is 27.3 Å². The van der Waals surface area contributed by atoms with Gasteiger partial charge in [0.15, 0.2) is 0 Å². The van der Waals surface area contributed by atoms with Gasteiger partial charge in [-0.25, -0.2) is 4.98 Å². The maximum Gasteiger partial charge on any atom is 0.260 e. The van der Waals surface area contributed by atoms with E-state index in [1.54, 1.807) is 26.0 Å². The van der Waals surface area contributed by atoms with Crippen molar-refractivity contribution < 1.29 is 4.79 Å². The van der Waals surface area contributed by atoms with Crippen LogP contribution in [0, 0.1) is 20.8 Å². The molecule has 0 unspecified atom stereocenters. The number of carbonyl (C=O) groups is 1. The zero-order valence-electron chi connectivity index (χ0n) is 11.6. The number of benzene rings is 1. The van der Waals surface area contributed by atoms with E-state index in [9.17, 15) is 4.79 Å². The van der Waals surface area contributed by atoms with Crippen LogP contribution in [0.25, 0.3) is 0 Å². The second-order valence-corrected chi connectivity index (χ2v) is 4.45. The standard InChI is InChI=1S/C13H16N6O/c1-7-4-5-10(11(6-7)17-14)12(20)16-13-15-8(2)9(3)18-19-13/h4-6,17H,14H2,1-3H3,(H,15,16,19,20). The number of nitrogens with one attached hydrogen (secondary N) is 2. The number of hydrogen-bond donors (Lipinski definition) is 3. The van der Waals surface area contributed by atoms with E-state index in [1.165, 1.54) is 0 Å². The van der Waals surface area contributed by atoms with Crippen molar-refractivity contribution in [2.45, 2.75) is 20.8 Å². The highest BCUT2D eigenvalue weighted by molar-refractivity contribution is 6.07. The predicted octanol–water partition coefficient (Wildman–Crippen LogP) is 1.33. The summed E-state index contributed by atoms with van der Waals surface area (Å²) in [6, 6.07) is 5.30. The normalized spacial score (nSPS) is 10.2. The van der Waals surface area contributed by atoms with Gasteiger partial charge >= 0.3 is 0 Å². The number of amides is 1. The van der Waals surface area contributed by atoms with Crippen molar-refractivity contribution in [3.8, 4) is 0 Å². The first kappa shape index (κ1) is 13.9. The molecule has 0 aliphatic heterocycles. The monoisotopic (exact) mass is 272 g/mol. The summed E-state index contributed by atoms with van der Waals surface area (Å²) in [4.78, 5) is 16.3. The Labute approximate surface area is 116 Å². The molecule has 4 N–H and O–H groups in total. The third kappa shape index (κ3) is 2.89. The Hall–Kier alpha value is -2.54. The largest absolute Gasteiger partial charge is 0.323 e. The van der Waals surface area contributed by atoms with Crippen molar-refractivity contribution in [3.63, 3.8) is 0 Å². The average Bonchev–Trinajstić information content (AvgIpc) is 2.42. The van der Waals surface area contributed by atoms with Gasteiger partial charge in [-0.15, -0.1) is 5.10 Å². The van der Waals surface area contributed by atoms with Gasteiger partial charge in [-0.1, -0.05) is 6.07 Å². The van der Waals surface area contributed by atoms with E-state index in [0.717, 1.165) is 17.0 Å². The summed E-state index contributed by atoms with van der Waals surface area (Å²) < 4.78 is 0. The van der Waals surface area contributed by atoms with Gasteiger partial charge in [-0.05, 0) is 38.5 Å².